The maximum atomic E-state index is 13.1. The first kappa shape index (κ1) is 27.5. The van der Waals surface area contributed by atoms with Gasteiger partial charge in [0.1, 0.15) is 13.2 Å². The molecule has 0 aliphatic rings. The lowest BCUT2D eigenvalue weighted by molar-refractivity contribution is -0.173. The molecule has 0 fully saturated rings. The number of ether oxygens (including phenoxy) is 2. The number of hydrogen-bond acceptors (Lipinski definition) is 8. The van der Waals surface area contributed by atoms with Crippen LogP contribution in [0.1, 0.15) is 30.4 Å². The van der Waals surface area contributed by atoms with Crippen LogP contribution in [0.4, 0.5) is 0 Å². The fourth-order valence-corrected chi connectivity index (χ4v) is 3.34. The van der Waals surface area contributed by atoms with Gasteiger partial charge in [-0.3, -0.25) is 9.59 Å². The lowest BCUT2D eigenvalue weighted by atomic mass is 9.87. The highest BCUT2D eigenvalue weighted by molar-refractivity contribution is 6.00. The number of esters is 2. The van der Waals surface area contributed by atoms with E-state index in [-0.39, 0.29) is 26.3 Å². The molecule has 0 aliphatic heterocycles. The van der Waals surface area contributed by atoms with E-state index in [0.717, 1.165) is 43.5 Å². The van der Waals surface area contributed by atoms with Crippen LogP contribution in [0.2, 0.25) is 0 Å². The highest BCUT2D eigenvalue weighted by Gasteiger charge is 2.48. The van der Waals surface area contributed by atoms with Crippen molar-refractivity contribution in [1.29, 1.82) is 0 Å². The van der Waals surface area contributed by atoms with Gasteiger partial charge in [0.2, 0.25) is 0 Å². The molecular weight excluding hydrogens is 432 g/mol. The van der Waals surface area contributed by atoms with Crippen molar-refractivity contribution >= 4 is 11.9 Å². The van der Waals surface area contributed by atoms with Crippen molar-refractivity contribution < 1.29 is 19.1 Å². The lowest BCUT2D eigenvalue weighted by Gasteiger charge is -2.28. The molecule has 2 aromatic rings. The second kappa shape index (κ2) is 16.0. The van der Waals surface area contributed by atoms with Crippen LogP contribution in [-0.2, 0) is 32.3 Å². The minimum atomic E-state index is -1.62. The molecule has 0 atom stereocenters. The third kappa shape index (κ3) is 9.23. The largest absolute Gasteiger partial charge is 0.460 e. The van der Waals surface area contributed by atoms with Crippen molar-refractivity contribution in [2.24, 2.45) is 16.9 Å². The number of nitrogens with one attached hydrogen (secondary N) is 2. The molecule has 0 bridgehead atoms. The molecule has 0 heterocycles. The van der Waals surface area contributed by atoms with Crippen molar-refractivity contribution in [3.63, 3.8) is 0 Å². The molecule has 8 heteroatoms. The molecule has 0 aliphatic carbocycles. The highest BCUT2D eigenvalue weighted by atomic mass is 16.6. The van der Waals surface area contributed by atoms with Gasteiger partial charge in [0.15, 0.2) is 5.41 Å². The zero-order valence-electron chi connectivity index (χ0n) is 19.8. The van der Waals surface area contributed by atoms with Crippen molar-refractivity contribution in [3.8, 4) is 0 Å². The van der Waals surface area contributed by atoms with E-state index in [9.17, 15) is 9.59 Å². The molecule has 6 N–H and O–H groups in total. The fourth-order valence-electron chi connectivity index (χ4n) is 3.34. The molecule has 0 spiro atoms. The van der Waals surface area contributed by atoms with Crippen molar-refractivity contribution in [2.45, 2.75) is 32.5 Å². The zero-order valence-corrected chi connectivity index (χ0v) is 19.8. The summed E-state index contributed by atoms with van der Waals surface area (Å²) < 4.78 is 11.0. The molecule has 34 heavy (non-hydrogen) atoms. The Kier molecular flexibility index (Phi) is 12.9. The minimum Gasteiger partial charge on any atom is -0.460 e. The van der Waals surface area contributed by atoms with E-state index in [1.54, 1.807) is 0 Å². The van der Waals surface area contributed by atoms with Gasteiger partial charge in [0, 0.05) is 13.1 Å². The summed E-state index contributed by atoms with van der Waals surface area (Å²) in [5.74, 6) is -1.37. The topological polar surface area (TPSA) is 129 Å². The Hall–Kier alpha value is -2.78. The van der Waals surface area contributed by atoms with E-state index >= 15 is 0 Å². The quantitative estimate of drug-likeness (QED) is 0.156. The Morgan fingerprint density at radius 1 is 0.706 bits per heavy atom. The van der Waals surface area contributed by atoms with Gasteiger partial charge >= 0.3 is 11.9 Å². The van der Waals surface area contributed by atoms with Gasteiger partial charge < -0.3 is 31.6 Å². The number of rotatable bonds is 17. The summed E-state index contributed by atoms with van der Waals surface area (Å²) >= 11 is 0. The summed E-state index contributed by atoms with van der Waals surface area (Å²) in [4.78, 5) is 26.3. The Balaban J connectivity index is 1.95. The molecule has 0 amide bonds. The smallest absolute Gasteiger partial charge is 0.326 e. The van der Waals surface area contributed by atoms with Gasteiger partial charge in [-0.15, -0.1) is 0 Å². The second-order valence-electron chi connectivity index (χ2n) is 8.19. The van der Waals surface area contributed by atoms with E-state index in [2.05, 4.69) is 10.6 Å². The summed E-state index contributed by atoms with van der Waals surface area (Å²) in [7, 11) is 0. The summed E-state index contributed by atoms with van der Waals surface area (Å²) in [6.07, 6.45) is 2.80. The van der Waals surface area contributed by atoms with Crippen LogP contribution < -0.4 is 22.1 Å². The molecule has 8 nitrogen and oxygen atoms in total. The molecule has 0 unspecified atom stereocenters. The van der Waals surface area contributed by atoms with Gasteiger partial charge in [-0.25, -0.2) is 0 Å². The van der Waals surface area contributed by atoms with Crippen LogP contribution in [0.25, 0.3) is 0 Å². The zero-order chi connectivity index (χ0) is 24.5. The molecule has 0 saturated heterocycles. The Labute approximate surface area is 202 Å². The van der Waals surface area contributed by atoms with Crippen LogP contribution in [0, 0.1) is 5.41 Å². The van der Waals surface area contributed by atoms with Crippen LogP contribution in [0.5, 0.6) is 0 Å². The lowest BCUT2D eigenvalue weighted by Crippen LogP contribution is -2.54. The second-order valence-corrected chi connectivity index (χ2v) is 8.19. The van der Waals surface area contributed by atoms with Crippen LogP contribution in [-0.4, -0.2) is 51.2 Å². The third-order valence-corrected chi connectivity index (χ3v) is 5.50. The van der Waals surface area contributed by atoms with Crippen LogP contribution >= 0.6 is 0 Å². The van der Waals surface area contributed by atoms with E-state index in [1.807, 2.05) is 60.7 Å². The standard InChI is InChI=1S/C26H38N4O4/c27-14-9-17-29-15-7-8-16-30-21-26(20-28,24(31)33-18-22-10-3-1-4-11-22)25(32)34-19-23-12-5-2-6-13-23/h1-6,10-13,29-30H,7-9,14-21,27-28H2. The van der Waals surface area contributed by atoms with E-state index < -0.39 is 17.4 Å². The number of nitrogens with two attached hydrogens (primary N) is 2. The normalized spacial score (nSPS) is 11.2. The average molecular weight is 471 g/mol. The number of carbonyl (C=O) groups excluding carboxylic acids is 2. The Morgan fingerprint density at radius 2 is 1.18 bits per heavy atom. The minimum absolute atomic E-state index is 0.0470. The van der Waals surface area contributed by atoms with Gasteiger partial charge in [-0.1, -0.05) is 60.7 Å². The van der Waals surface area contributed by atoms with Crippen molar-refractivity contribution in [2.75, 3.05) is 39.3 Å². The molecule has 0 saturated carbocycles. The molecule has 2 aromatic carbocycles. The SMILES string of the molecule is NCCCNCCCCNCC(CN)(C(=O)OCc1ccccc1)C(=O)OCc1ccccc1. The average Bonchev–Trinajstić information content (AvgIpc) is 2.88. The first-order valence-corrected chi connectivity index (χ1v) is 11.9. The molecule has 0 aromatic heterocycles. The highest BCUT2D eigenvalue weighted by Crippen LogP contribution is 2.22. The number of unbranched alkanes of at least 4 members (excludes halogenated alkanes) is 1. The Morgan fingerprint density at radius 3 is 1.65 bits per heavy atom. The van der Waals surface area contributed by atoms with E-state index in [0.29, 0.717) is 13.1 Å². The third-order valence-electron chi connectivity index (χ3n) is 5.50. The van der Waals surface area contributed by atoms with Gasteiger partial charge in [-0.05, 0) is 56.6 Å². The number of hydrogen-bond donors (Lipinski definition) is 4. The molecule has 2 rings (SSSR count). The van der Waals surface area contributed by atoms with Crippen molar-refractivity contribution in [3.05, 3.63) is 71.8 Å². The maximum absolute atomic E-state index is 13.1. The first-order chi connectivity index (χ1) is 16.6. The molecule has 186 valence electrons. The van der Waals surface area contributed by atoms with Crippen LogP contribution in [0.3, 0.4) is 0 Å². The van der Waals surface area contributed by atoms with Crippen LogP contribution in [0.15, 0.2) is 60.7 Å². The summed E-state index contributed by atoms with van der Waals surface area (Å²) in [6.45, 7) is 3.05. The first-order valence-electron chi connectivity index (χ1n) is 11.9. The summed E-state index contributed by atoms with van der Waals surface area (Å²) in [6, 6.07) is 18.6. The Bertz CT molecular complexity index is 778. The predicted octanol–water partition coefficient (Wildman–Crippen LogP) is 1.73. The van der Waals surface area contributed by atoms with Gasteiger partial charge in [0.25, 0.3) is 0 Å². The van der Waals surface area contributed by atoms with E-state index in [1.165, 1.54) is 0 Å². The molecule has 0 radical (unpaired) electrons. The summed E-state index contributed by atoms with van der Waals surface area (Å²) in [5, 5.41) is 6.54. The predicted molar refractivity (Wildman–Crippen MR) is 133 cm³/mol. The van der Waals surface area contributed by atoms with Gasteiger partial charge in [-0.2, -0.15) is 0 Å². The summed E-state index contributed by atoms with van der Waals surface area (Å²) in [5.41, 5.74) is 11.5. The monoisotopic (exact) mass is 470 g/mol. The maximum Gasteiger partial charge on any atom is 0.326 e. The van der Waals surface area contributed by atoms with Gasteiger partial charge in [0.05, 0.1) is 0 Å². The number of benzene rings is 2. The molecular formula is C26H38N4O4. The van der Waals surface area contributed by atoms with E-state index in [4.69, 9.17) is 20.9 Å². The number of carbonyl (C=O) groups is 2. The fraction of sp³-hybridized carbons (Fsp3) is 0.462. The van der Waals surface area contributed by atoms with Crippen molar-refractivity contribution in [1.82, 2.24) is 10.6 Å².